The number of amides is 2. The highest BCUT2D eigenvalue weighted by Gasteiger charge is 2.04. The quantitative estimate of drug-likeness (QED) is 0.351. The van der Waals surface area contributed by atoms with E-state index in [1.54, 1.807) is 0 Å². The van der Waals surface area contributed by atoms with Crippen molar-refractivity contribution in [2.45, 2.75) is 0 Å². The topological polar surface area (TPSA) is 122 Å². The Morgan fingerprint density at radius 3 is 2.08 bits per heavy atom. The highest BCUT2D eigenvalue weighted by molar-refractivity contribution is 5.87. The zero-order chi connectivity index (χ0) is 10.3. The minimum atomic E-state index is -1.14. The molecule has 7 heteroatoms. The molecule has 0 saturated carbocycles. The van der Waals surface area contributed by atoms with Gasteiger partial charge < -0.3 is 21.5 Å². The summed E-state index contributed by atoms with van der Waals surface area (Å²) in [5, 5.41) is 12.4. The van der Waals surface area contributed by atoms with Crippen molar-refractivity contribution < 1.29 is 19.5 Å². The predicted octanol–water partition coefficient (Wildman–Crippen LogP) is -2.74. The first-order chi connectivity index (χ1) is 6.06. The van der Waals surface area contributed by atoms with Gasteiger partial charge in [-0.15, -0.1) is 0 Å². The molecule has 5 N–H and O–H groups in total. The Morgan fingerprint density at radius 2 is 1.62 bits per heavy atom. The van der Waals surface area contributed by atoms with Gasteiger partial charge >= 0.3 is 5.97 Å². The van der Waals surface area contributed by atoms with Crippen molar-refractivity contribution >= 4 is 17.8 Å². The lowest BCUT2D eigenvalue weighted by Crippen LogP contribution is -2.40. The van der Waals surface area contributed by atoms with Gasteiger partial charge in [-0.05, 0) is 0 Å². The van der Waals surface area contributed by atoms with Crippen molar-refractivity contribution in [1.29, 1.82) is 0 Å². The molecule has 0 rings (SSSR count). The smallest absolute Gasteiger partial charge is 0.322 e. The van der Waals surface area contributed by atoms with Gasteiger partial charge in [0, 0.05) is 0 Å². The van der Waals surface area contributed by atoms with Crippen LogP contribution in [0.5, 0.6) is 0 Å². The lowest BCUT2D eigenvalue weighted by Gasteiger charge is -2.03. The Labute approximate surface area is 74.3 Å². The summed E-state index contributed by atoms with van der Waals surface area (Å²) in [6.07, 6.45) is 0. The highest BCUT2D eigenvalue weighted by Crippen LogP contribution is 1.66. The standard InChI is InChI=1S/C6H11N3O4/c7-1-4(10)8-2-5(11)9-3-6(12)13/h1-3,7H2,(H,8,10)(H,9,11)(H,12,13)/i1+1,4+1. The number of aliphatic carboxylic acids is 1. The Kier molecular flexibility index (Phi) is 5.20. The number of hydrogen-bond acceptors (Lipinski definition) is 4. The third kappa shape index (κ3) is 6.76. The van der Waals surface area contributed by atoms with Crippen molar-refractivity contribution in [2.24, 2.45) is 5.73 Å². The molecule has 0 aromatic rings. The summed E-state index contributed by atoms with van der Waals surface area (Å²) in [7, 11) is 0. The van der Waals surface area contributed by atoms with E-state index in [4.69, 9.17) is 10.8 Å². The van der Waals surface area contributed by atoms with E-state index in [2.05, 4.69) is 10.6 Å². The fraction of sp³-hybridized carbons (Fsp3) is 0.500. The zero-order valence-corrected chi connectivity index (χ0v) is 6.87. The average Bonchev–Trinajstić information content (AvgIpc) is 2.10. The summed E-state index contributed by atoms with van der Waals surface area (Å²) >= 11 is 0. The first kappa shape index (κ1) is 11.4. The molecule has 0 aliphatic heterocycles. The maximum atomic E-state index is 10.7. The molecule has 13 heavy (non-hydrogen) atoms. The van der Waals surface area contributed by atoms with Gasteiger partial charge in [0.15, 0.2) is 0 Å². The van der Waals surface area contributed by atoms with Gasteiger partial charge in [0.25, 0.3) is 0 Å². The van der Waals surface area contributed by atoms with E-state index in [9.17, 15) is 14.4 Å². The van der Waals surface area contributed by atoms with E-state index in [1.807, 2.05) is 0 Å². The Morgan fingerprint density at radius 1 is 1.08 bits per heavy atom. The molecular weight excluding hydrogens is 180 g/mol. The largest absolute Gasteiger partial charge is 0.480 e. The molecule has 74 valence electrons. The molecule has 0 aromatic heterocycles. The fourth-order valence-electron chi connectivity index (χ4n) is 0.488. The normalized spacial score (nSPS) is 9.00. The molecule has 0 aromatic carbocycles. The van der Waals surface area contributed by atoms with Crippen molar-refractivity contribution in [1.82, 2.24) is 10.6 Å². The minimum Gasteiger partial charge on any atom is -0.480 e. The first-order valence-corrected chi connectivity index (χ1v) is 3.51. The molecule has 0 radical (unpaired) electrons. The molecule has 0 aliphatic rings. The van der Waals surface area contributed by atoms with Gasteiger partial charge in [0.1, 0.15) is 6.54 Å². The van der Waals surface area contributed by atoms with E-state index in [0.29, 0.717) is 0 Å². The SMILES string of the molecule is N[13CH2][13C](=O)NCC(=O)NCC(=O)O. The van der Waals surface area contributed by atoms with Crippen LogP contribution in [0.3, 0.4) is 0 Å². The Hall–Kier alpha value is -1.63. The van der Waals surface area contributed by atoms with Crippen LogP contribution in [0.25, 0.3) is 0 Å². The van der Waals surface area contributed by atoms with E-state index in [0.717, 1.165) is 0 Å². The summed E-state index contributed by atoms with van der Waals surface area (Å²) in [5.41, 5.74) is 4.94. The summed E-state index contributed by atoms with van der Waals surface area (Å²) in [6.45, 7) is -0.924. The van der Waals surface area contributed by atoms with Crippen LogP contribution in [-0.2, 0) is 14.4 Å². The van der Waals surface area contributed by atoms with Gasteiger partial charge in [-0.3, -0.25) is 14.4 Å². The molecule has 0 bridgehead atoms. The number of rotatable bonds is 5. The third-order valence-corrected chi connectivity index (χ3v) is 1.07. The van der Waals surface area contributed by atoms with E-state index in [1.165, 1.54) is 0 Å². The van der Waals surface area contributed by atoms with E-state index >= 15 is 0 Å². The van der Waals surface area contributed by atoms with Gasteiger partial charge in [-0.2, -0.15) is 0 Å². The monoisotopic (exact) mass is 191 g/mol. The second-order valence-corrected chi connectivity index (χ2v) is 2.15. The fourth-order valence-corrected chi connectivity index (χ4v) is 0.488. The molecule has 0 spiro atoms. The van der Waals surface area contributed by atoms with Crippen LogP contribution in [0.1, 0.15) is 0 Å². The molecule has 7 nitrogen and oxygen atoms in total. The summed E-state index contributed by atoms with van der Waals surface area (Å²) in [4.78, 5) is 31.2. The van der Waals surface area contributed by atoms with Crippen LogP contribution in [0.4, 0.5) is 0 Å². The number of nitrogens with one attached hydrogen (secondary N) is 2. The summed E-state index contributed by atoms with van der Waals surface area (Å²) < 4.78 is 0. The van der Waals surface area contributed by atoms with Gasteiger partial charge in [0.05, 0.1) is 13.1 Å². The second-order valence-electron chi connectivity index (χ2n) is 2.15. The molecule has 2 amide bonds. The van der Waals surface area contributed by atoms with Gasteiger partial charge in [-0.1, -0.05) is 0 Å². The van der Waals surface area contributed by atoms with Crippen LogP contribution in [0, 0.1) is 0 Å². The number of carbonyl (C=O) groups excluding carboxylic acids is 2. The van der Waals surface area contributed by atoms with E-state index < -0.39 is 24.3 Å². The summed E-state index contributed by atoms with van der Waals surface area (Å²) in [6, 6.07) is 0. The van der Waals surface area contributed by atoms with Crippen LogP contribution < -0.4 is 16.4 Å². The van der Waals surface area contributed by atoms with Gasteiger partial charge in [-0.25, -0.2) is 0 Å². The molecule has 0 saturated heterocycles. The lowest BCUT2D eigenvalue weighted by molar-refractivity contribution is -0.137. The molecule has 0 aliphatic carbocycles. The number of nitrogens with two attached hydrogens (primary N) is 1. The van der Waals surface area contributed by atoms with Crippen LogP contribution in [0.2, 0.25) is 0 Å². The minimum absolute atomic E-state index is 0.202. The van der Waals surface area contributed by atoms with Crippen molar-refractivity contribution in [3.63, 3.8) is 0 Å². The number of carboxylic acid groups (broad SMARTS) is 1. The Balaban J connectivity index is 3.52. The van der Waals surface area contributed by atoms with Crippen molar-refractivity contribution in [3.05, 3.63) is 0 Å². The third-order valence-electron chi connectivity index (χ3n) is 1.07. The maximum absolute atomic E-state index is 10.7. The molecule has 0 fully saturated rings. The predicted molar refractivity (Wildman–Crippen MR) is 42.7 cm³/mol. The lowest BCUT2D eigenvalue weighted by atomic mass is 10.5. The number of carbonyl (C=O) groups is 3. The molecule has 0 atom stereocenters. The van der Waals surface area contributed by atoms with Crippen molar-refractivity contribution in [3.8, 4) is 0 Å². The van der Waals surface area contributed by atoms with Crippen LogP contribution >= 0.6 is 0 Å². The number of hydrogen-bond donors (Lipinski definition) is 4. The van der Waals surface area contributed by atoms with Crippen LogP contribution in [0.15, 0.2) is 0 Å². The van der Waals surface area contributed by atoms with Crippen LogP contribution in [-0.4, -0.2) is 42.5 Å². The molecule has 0 unspecified atom stereocenters. The number of carboxylic acids is 1. The zero-order valence-electron chi connectivity index (χ0n) is 6.87. The molecular formula is C6H11N3O4. The van der Waals surface area contributed by atoms with Crippen molar-refractivity contribution in [2.75, 3.05) is 19.6 Å². The van der Waals surface area contributed by atoms with E-state index in [-0.39, 0.29) is 13.1 Å². The maximum Gasteiger partial charge on any atom is 0.322 e. The Bertz CT molecular complexity index is 216. The second kappa shape index (κ2) is 5.95. The average molecular weight is 191 g/mol. The first-order valence-electron chi connectivity index (χ1n) is 3.51. The molecule has 0 heterocycles. The van der Waals surface area contributed by atoms with Gasteiger partial charge in [0.2, 0.25) is 11.8 Å². The highest BCUT2D eigenvalue weighted by atomic mass is 16.4. The summed E-state index contributed by atoms with van der Waals surface area (Å²) in [5.74, 6) is -2.17.